The van der Waals surface area contributed by atoms with Crippen LogP contribution in [0.25, 0.3) is 0 Å². The van der Waals surface area contributed by atoms with E-state index in [1.807, 2.05) is 13.8 Å². The molecule has 2 rings (SSSR count). The van der Waals surface area contributed by atoms with E-state index >= 15 is 0 Å². The van der Waals surface area contributed by atoms with Crippen LogP contribution in [-0.4, -0.2) is 34.7 Å². The van der Waals surface area contributed by atoms with Crippen molar-refractivity contribution in [1.29, 1.82) is 0 Å². The molecule has 1 aromatic carbocycles. The largest absolute Gasteiger partial charge is 0.452 e. The zero-order valence-electron chi connectivity index (χ0n) is 15.7. The number of anilines is 1. The minimum atomic E-state index is -0.926. The maximum absolute atomic E-state index is 12.1. The van der Waals surface area contributed by atoms with Crippen molar-refractivity contribution in [2.45, 2.75) is 39.6 Å². The SMILES string of the molecule is CC(=O)c1ccc(NC(=O)[C@H](C)OC(=O)CSCc2c(C)noc2C)cc1. The Hall–Kier alpha value is -2.61. The van der Waals surface area contributed by atoms with Crippen molar-refractivity contribution in [1.82, 2.24) is 5.16 Å². The first kappa shape index (κ1) is 20.7. The lowest BCUT2D eigenvalue weighted by molar-refractivity contribution is -0.150. The van der Waals surface area contributed by atoms with Crippen molar-refractivity contribution in [3.63, 3.8) is 0 Å². The van der Waals surface area contributed by atoms with Gasteiger partial charge in [-0.05, 0) is 52.0 Å². The number of rotatable bonds is 8. The van der Waals surface area contributed by atoms with Crippen molar-refractivity contribution in [2.24, 2.45) is 0 Å². The second kappa shape index (κ2) is 9.36. The van der Waals surface area contributed by atoms with Crippen LogP contribution in [-0.2, 0) is 20.1 Å². The predicted molar refractivity (Wildman–Crippen MR) is 103 cm³/mol. The third-order valence-corrected chi connectivity index (χ3v) is 4.82. The van der Waals surface area contributed by atoms with Gasteiger partial charge in [0.15, 0.2) is 11.9 Å². The standard InChI is InChI=1S/C19H22N2O5S/c1-11-17(13(3)26-21-11)9-27-10-18(23)25-14(4)19(24)20-16-7-5-15(6-8-16)12(2)22/h5-8,14H,9-10H2,1-4H3,(H,20,24)/t14-/m0/s1. The maximum atomic E-state index is 12.1. The molecule has 1 aromatic heterocycles. The van der Waals surface area contributed by atoms with E-state index in [4.69, 9.17) is 9.26 Å². The average molecular weight is 390 g/mol. The Kier molecular flexibility index (Phi) is 7.18. The van der Waals surface area contributed by atoms with E-state index < -0.39 is 18.0 Å². The van der Waals surface area contributed by atoms with Crippen LogP contribution in [0.15, 0.2) is 28.8 Å². The van der Waals surface area contributed by atoms with Gasteiger partial charge in [0.1, 0.15) is 5.76 Å². The second-order valence-electron chi connectivity index (χ2n) is 6.05. The molecule has 0 radical (unpaired) electrons. The number of amides is 1. The second-order valence-corrected chi connectivity index (χ2v) is 7.04. The first-order chi connectivity index (χ1) is 12.8. The number of Topliss-reactive ketones (excluding diaryl/α,β-unsaturated/α-hetero) is 1. The minimum absolute atomic E-state index is 0.0516. The zero-order chi connectivity index (χ0) is 20.0. The molecular weight excluding hydrogens is 368 g/mol. The molecule has 8 heteroatoms. The summed E-state index contributed by atoms with van der Waals surface area (Å²) in [6.07, 6.45) is -0.926. The predicted octanol–water partition coefficient (Wildman–Crippen LogP) is 3.30. The molecule has 0 aliphatic carbocycles. The van der Waals surface area contributed by atoms with Crippen molar-refractivity contribution in [3.05, 3.63) is 46.8 Å². The number of esters is 1. The molecule has 0 bridgehead atoms. The molecule has 0 aliphatic rings. The van der Waals surface area contributed by atoms with Crippen molar-refractivity contribution >= 4 is 35.1 Å². The average Bonchev–Trinajstić information content (AvgIpc) is 2.94. The van der Waals surface area contributed by atoms with Gasteiger partial charge in [-0.1, -0.05) is 5.16 Å². The molecule has 0 unspecified atom stereocenters. The Morgan fingerprint density at radius 3 is 2.44 bits per heavy atom. The van der Waals surface area contributed by atoms with Crippen LogP contribution < -0.4 is 5.32 Å². The molecular formula is C19H22N2O5S. The first-order valence-electron chi connectivity index (χ1n) is 8.38. The number of aryl methyl sites for hydroxylation is 2. The highest BCUT2D eigenvalue weighted by molar-refractivity contribution is 7.99. The smallest absolute Gasteiger partial charge is 0.316 e. The van der Waals surface area contributed by atoms with Gasteiger partial charge in [0.25, 0.3) is 5.91 Å². The fraction of sp³-hybridized carbons (Fsp3) is 0.368. The van der Waals surface area contributed by atoms with Gasteiger partial charge in [-0.25, -0.2) is 0 Å². The lowest BCUT2D eigenvalue weighted by atomic mass is 10.1. The zero-order valence-corrected chi connectivity index (χ0v) is 16.5. The van der Waals surface area contributed by atoms with Crippen LogP contribution in [0.4, 0.5) is 5.69 Å². The van der Waals surface area contributed by atoms with Gasteiger partial charge in [0.2, 0.25) is 0 Å². The van der Waals surface area contributed by atoms with Crippen LogP contribution in [0, 0.1) is 13.8 Å². The number of benzene rings is 1. The van der Waals surface area contributed by atoms with E-state index in [0.717, 1.165) is 17.0 Å². The number of carbonyl (C=O) groups is 3. The van der Waals surface area contributed by atoms with Crippen LogP contribution in [0.1, 0.15) is 41.2 Å². The van der Waals surface area contributed by atoms with E-state index in [1.54, 1.807) is 24.3 Å². The molecule has 0 saturated carbocycles. The fourth-order valence-electron chi connectivity index (χ4n) is 2.26. The summed E-state index contributed by atoms with van der Waals surface area (Å²) < 4.78 is 10.2. The highest BCUT2D eigenvalue weighted by atomic mass is 32.2. The summed E-state index contributed by atoms with van der Waals surface area (Å²) >= 11 is 1.37. The third kappa shape index (κ3) is 5.96. The van der Waals surface area contributed by atoms with Gasteiger partial charge in [-0.3, -0.25) is 14.4 Å². The molecule has 0 spiro atoms. The first-order valence-corrected chi connectivity index (χ1v) is 9.54. The molecule has 1 heterocycles. The van der Waals surface area contributed by atoms with Crippen LogP contribution >= 0.6 is 11.8 Å². The summed E-state index contributed by atoms with van der Waals surface area (Å²) in [6.45, 7) is 6.65. The Balaban J connectivity index is 1.77. The molecule has 27 heavy (non-hydrogen) atoms. The monoisotopic (exact) mass is 390 g/mol. The van der Waals surface area contributed by atoms with Gasteiger partial charge >= 0.3 is 5.97 Å². The molecule has 144 valence electrons. The van der Waals surface area contributed by atoms with E-state index in [2.05, 4.69) is 10.5 Å². The maximum Gasteiger partial charge on any atom is 0.316 e. The molecule has 1 N–H and O–H groups in total. The lowest BCUT2D eigenvalue weighted by Crippen LogP contribution is -2.30. The van der Waals surface area contributed by atoms with E-state index in [1.165, 1.54) is 25.6 Å². The number of carbonyl (C=O) groups excluding carboxylic acids is 3. The van der Waals surface area contributed by atoms with E-state index in [-0.39, 0.29) is 11.5 Å². The topological polar surface area (TPSA) is 98.5 Å². The number of thioether (sulfide) groups is 1. The number of aromatic nitrogens is 1. The number of hydrogen-bond acceptors (Lipinski definition) is 7. The number of ketones is 1. The van der Waals surface area contributed by atoms with Gasteiger partial charge in [-0.15, -0.1) is 11.8 Å². The Morgan fingerprint density at radius 2 is 1.89 bits per heavy atom. The summed E-state index contributed by atoms with van der Waals surface area (Å²) in [5.41, 5.74) is 2.85. The number of hydrogen-bond donors (Lipinski definition) is 1. The van der Waals surface area contributed by atoms with E-state index in [9.17, 15) is 14.4 Å². The molecule has 1 amide bonds. The Labute approximate surface area is 161 Å². The Bertz CT molecular complexity index is 810. The van der Waals surface area contributed by atoms with Crippen molar-refractivity contribution in [3.8, 4) is 0 Å². The summed E-state index contributed by atoms with van der Waals surface area (Å²) in [4.78, 5) is 35.3. The quantitative estimate of drug-likeness (QED) is 0.545. The molecule has 0 fully saturated rings. The van der Waals surface area contributed by atoms with Gasteiger partial charge in [0.05, 0.1) is 11.4 Å². The lowest BCUT2D eigenvalue weighted by Gasteiger charge is -2.13. The van der Waals surface area contributed by atoms with Gasteiger partial charge in [-0.2, -0.15) is 0 Å². The molecule has 1 atom stereocenters. The van der Waals surface area contributed by atoms with Crippen LogP contribution in [0.5, 0.6) is 0 Å². The van der Waals surface area contributed by atoms with Gasteiger partial charge in [0, 0.05) is 22.6 Å². The van der Waals surface area contributed by atoms with Crippen molar-refractivity contribution in [2.75, 3.05) is 11.1 Å². The minimum Gasteiger partial charge on any atom is -0.452 e. The highest BCUT2D eigenvalue weighted by Gasteiger charge is 2.18. The molecule has 2 aromatic rings. The van der Waals surface area contributed by atoms with Crippen molar-refractivity contribution < 1.29 is 23.6 Å². The summed E-state index contributed by atoms with van der Waals surface area (Å²) in [5, 5.41) is 6.52. The summed E-state index contributed by atoms with van der Waals surface area (Å²) in [6, 6.07) is 6.51. The molecule has 0 saturated heterocycles. The highest BCUT2D eigenvalue weighted by Crippen LogP contribution is 2.19. The number of ether oxygens (including phenoxy) is 1. The summed E-state index contributed by atoms with van der Waals surface area (Å²) in [7, 11) is 0. The molecule has 7 nitrogen and oxygen atoms in total. The fourth-order valence-corrected chi connectivity index (χ4v) is 3.21. The molecule has 0 aliphatic heterocycles. The third-order valence-electron chi connectivity index (χ3n) is 3.88. The van der Waals surface area contributed by atoms with Crippen LogP contribution in [0.3, 0.4) is 0 Å². The van der Waals surface area contributed by atoms with E-state index in [0.29, 0.717) is 17.0 Å². The number of nitrogens with one attached hydrogen (secondary N) is 1. The normalized spacial score (nSPS) is 11.7. The number of nitrogens with zero attached hydrogens (tertiary/aromatic N) is 1. The summed E-state index contributed by atoms with van der Waals surface area (Å²) in [5.74, 6) is 0.478. The Morgan fingerprint density at radius 1 is 1.22 bits per heavy atom. The van der Waals surface area contributed by atoms with Gasteiger partial charge < -0.3 is 14.6 Å². The van der Waals surface area contributed by atoms with Crippen LogP contribution in [0.2, 0.25) is 0 Å².